The molecule has 0 radical (unpaired) electrons. The van der Waals surface area contributed by atoms with Gasteiger partial charge in [0.1, 0.15) is 0 Å². The van der Waals surface area contributed by atoms with Crippen LogP contribution < -0.4 is 11.1 Å². The molecule has 1 atom stereocenters. The molecule has 0 spiro atoms. The van der Waals surface area contributed by atoms with Gasteiger partial charge in [0, 0.05) is 0 Å². The molecule has 5 nitrogen and oxygen atoms in total. The summed E-state index contributed by atoms with van der Waals surface area (Å²) in [6.45, 7) is 3.52. The van der Waals surface area contributed by atoms with E-state index in [9.17, 15) is 9.59 Å². The van der Waals surface area contributed by atoms with Crippen LogP contribution >= 0.6 is 0 Å². The molecule has 0 aromatic heterocycles. The number of hydrogen-bond donors (Lipinski definition) is 3. The maximum Gasteiger partial charge on any atom is 0.305 e. The molecule has 0 saturated heterocycles. The van der Waals surface area contributed by atoms with Crippen LogP contribution in [0.5, 0.6) is 0 Å². The number of carbonyl (C=O) groups is 2. The van der Waals surface area contributed by atoms with Crippen molar-refractivity contribution < 1.29 is 14.7 Å². The van der Waals surface area contributed by atoms with Crippen molar-refractivity contribution in [2.75, 3.05) is 0 Å². The standard InChI is InChI=1S/C12H22N2O3/c1-3-11(2,13)10(17)14-12(8-9(15)16)6-4-5-7-12/h3-8,13H2,1-2H3,(H,14,17)(H,15,16). The van der Waals surface area contributed by atoms with Crippen molar-refractivity contribution in [1.29, 1.82) is 0 Å². The zero-order valence-electron chi connectivity index (χ0n) is 10.6. The fraction of sp³-hybridized carbons (Fsp3) is 0.833. The second-order valence-electron chi connectivity index (χ2n) is 5.28. The first-order chi connectivity index (χ1) is 7.81. The van der Waals surface area contributed by atoms with Crippen LogP contribution in [-0.4, -0.2) is 28.1 Å². The molecule has 1 aliphatic carbocycles. The van der Waals surface area contributed by atoms with E-state index < -0.39 is 17.0 Å². The van der Waals surface area contributed by atoms with E-state index in [-0.39, 0.29) is 12.3 Å². The highest BCUT2D eigenvalue weighted by molar-refractivity contribution is 5.86. The van der Waals surface area contributed by atoms with Crippen molar-refractivity contribution in [3.05, 3.63) is 0 Å². The molecular formula is C12H22N2O3. The van der Waals surface area contributed by atoms with E-state index in [2.05, 4.69) is 5.32 Å². The molecule has 1 fully saturated rings. The number of carboxylic acid groups (broad SMARTS) is 1. The summed E-state index contributed by atoms with van der Waals surface area (Å²) in [4.78, 5) is 22.9. The van der Waals surface area contributed by atoms with Crippen molar-refractivity contribution in [3.63, 3.8) is 0 Å². The van der Waals surface area contributed by atoms with Gasteiger partial charge in [-0.25, -0.2) is 0 Å². The van der Waals surface area contributed by atoms with Crippen molar-refractivity contribution in [2.24, 2.45) is 5.73 Å². The Hall–Kier alpha value is -1.10. The Morgan fingerprint density at radius 2 is 1.94 bits per heavy atom. The molecule has 0 aromatic carbocycles. The lowest BCUT2D eigenvalue weighted by atomic mass is 9.90. The summed E-state index contributed by atoms with van der Waals surface area (Å²) in [5, 5.41) is 11.8. The van der Waals surface area contributed by atoms with Crippen LogP contribution in [0.3, 0.4) is 0 Å². The second-order valence-corrected chi connectivity index (χ2v) is 5.28. The maximum atomic E-state index is 12.0. The van der Waals surface area contributed by atoms with Crippen LogP contribution in [0, 0.1) is 0 Å². The van der Waals surface area contributed by atoms with Crippen molar-refractivity contribution in [3.8, 4) is 0 Å². The minimum absolute atomic E-state index is 0.0153. The summed E-state index contributed by atoms with van der Waals surface area (Å²) in [6.07, 6.45) is 3.89. The summed E-state index contributed by atoms with van der Waals surface area (Å²) in [6, 6.07) is 0. The molecule has 4 N–H and O–H groups in total. The Bertz CT molecular complexity index is 307. The second kappa shape index (κ2) is 5.04. The summed E-state index contributed by atoms with van der Waals surface area (Å²) < 4.78 is 0. The van der Waals surface area contributed by atoms with Gasteiger partial charge in [-0.2, -0.15) is 0 Å². The van der Waals surface area contributed by atoms with Gasteiger partial charge in [-0.3, -0.25) is 9.59 Å². The van der Waals surface area contributed by atoms with E-state index >= 15 is 0 Å². The van der Waals surface area contributed by atoms with Crippen molar-refractivity contribution in [2.45, 2.75) is 63.5 Å². The third-order valence-corrected chi connectivity index (χ3v) is 3.68. The molecule has 1 amide bonds. The monoisotopic (exact) mass is 242 g/mol. The van der Waals surface area contributed by atoms with E-state index in [1.165, 1.54) is 0 Å². The highest BCUT2D eigenvalue weighted by atomic mass is 16.4. The first kappa shape index (κ1) is 14.0. The largest absolute Gasteiger partial charge is 0.481 e. The average Bonchev–Trinajstić information content (AvgIpc) is 2.65. The number of amides is 1. The fourth-order valence-corrected chi connectivity index (χ4v) is 2.23. The van der Waals surface area contributed by atoms with Crippen LogP contribution in [-0.2, 0) is 9.59 Å². The van der Waals surface area contributed by atoms with Crippen LogP contribution in [0.25, 0.3) is 0 Å². The van der Waals surface area contributed by atoms with Crippen LogP contribution in [0.1, 0.15) is 52.4 Å². The highest BCUT2D eigenvalue weighted by Gasteiger charge is 2.40. The summed E-state index contributed by atoms with van der Waals surface area (Å²) in [5.41, 5.74) is 4.36. The van der Waals surface area contributed by atoms with Gasteiger partial charge >= 0.3 is 5.97 Å². The summed E-state index contributed by atoms with van der Waals surface area (Å²) >= 11 is 0. The predicted molar refractivity (Wildman–Crippen MR) is 64.5 cm³/mol. The number of carboxylic acids is 1. The molecule has 1 unspecified atom stereocenters. The number of carbonyl (C=O) groups excluding carboxylic acids is 1. The maximum absolute atomic E-state index is 12.0. The predicted octanol–water partition coefficient (Wildman–Crippen LogP) is 1.02. The minimum Gasteiger partial charge on any atom is -0.481 e. The number of aliphatic carboxylic acids is 1. The number of rotatable bonds is 5. The Morgan fingerprint density at radius 1 is 1.41 bits per heavy atom. The van der Waals surface area contributed by atoms with Crippen LogP contribution in [0.4, 0.5) is 0 Å². The summed E-state index contributed by atoms with van der Waals surface area (Å²) in [7, 11) is 0. The molecule has 0 aromatic rings. The number of nitrogens with two attached hydrogens (primary N) is 1. The Labute approximate surface area is 102 Å². The Morgan fingerprint density at radius 3 is 2.35 bits per heavy atom. The zero-order valence-corrected chi connectivity index (χ0v) is 10.6. The lowest BCUT2D eigenvalue weighted by Crippen LogP contribution is -2.58. The molecule has 0 heterocycles. The molecular weight excluding hydrogens is 220 g/mol. The van der Waals surface area contributed by atoms with Gasteiger partial charge < -0.3 is 16.2 Å². The molecule has 0 bridgehead atoms. The SMILES string of the molecule is CCC(C)(N)C(=O)NC1(CC(=O)O)CCCC1. The van der Waals surface area contributed by atoms with Crippen molar-refractivity contribution >= 4 is 11.9 Å². The van der Waals surface area contributed by atoms with Crippen molar-refractivity contribution in [1.82, 2.24) is 5.32 Å². The van der Waals surface area contributed by atoms with Gasteiger partial charge in [-0.05, 0) is 26.2 Å². The topological polar surface area (TPSA) is 92.4 Å². The Kier molecular flexibility index (Phi) is 4.14. The van der Waals surface area contributed by atoms with E-state index in [1.54, 1.807) is 6.92 Å². The Balaban J connectivity index is 2.74. The summed E-state index contributed by atoms with van der Waals surface area (Å²) in [5.74, 6) is -1.12. The van der Waals surface area contributed by atoms with Gasteiger partial charge in [0.15, 0.2) is 0 Å². The molecule has 1 aliphatic rings. The minimum atomic E-state index is -0.923. The van der Waals surface area contributed by atoms with E-state index in [4.69, 9.17) is 10.8 Å². The first-order valence-corrected chi connectivity index (χ1v) is 6.15. The van der Waals surface area contributed by atoms with Gasteiger partial charge in [-0.1, -0.05) is 19.8 Å². The fourth-order valence-electron chi connectivity index (χ4n) is 2.23. The van der Waals surface area contributed by atoms with E-state index in [0.29, 0.717) is 6.42 Å². The third-order valence-electron chi connectivity index (χ3n) is 3.68. The third kappa shape index (κ3) is 3.43. The van der Waals surface area contributed by atoms with Gasteiger partial charge in [-0.15, -0.1) is 0 Å². The zero-order chi connectivity index (χ0) is 13.1. The van der Waals surface area contributed by atoms with E-state index in [1.807, 2.05) is 6.92 Å². The number of nitrogens with one attached hydrogen (secondary N) is 1. The van der Waals surface area contributed by atoms with Gasteiger partial charge in [0.05, 0.1) is 17.5 Å². The lowest BCUT2D eigenvalue weighted by molar-refractivity contribution is -0.139. The average molecular weight is 242 g/mol. The first-order valence-electron chi connectivity index (χ1n) is 6.15. The highest BCUT2D eigenvalue weighted by Crippen LogP contribution is 2.33. The molecule has 1 rings (SSSR count). The molecule has 0 aliphatic heterocycles. The smallest absolute Gasteiger partial charge is 0.305 e. The number of hydrogen-bond acceptors (Lipinski definition) is 3. The lowest BCUT2D eigenvalue weighted by Gasteiger charge is -2.33. The molecule has 17 heavy (non-hydrogen) atoms. The molecule has 5 heteroatoms. The van der Waals surface area contributed by atoms with E-state index in [0.717, 1.165) is 25.7 Å². The van der Waals surface area contributed by atoms with Gasteiger partial charge in [0.2, 0.25) is 5.91 Å². The normalized spacial score (nSPS) is 21.8. The van der Waals surface area contributed by atoms with Gasteiger partial charge in [0.25, 0.3) is 0 Å². The molecule has 98 valence electrons. The van der Waals surface area contributed by atoms with Crippen LogP contribution in [0.2, 0.25) is 0 Å². The quantitative estimate of drug-likeness (QED) is 0.671. The van der Waals surface area contributed by atoms with Crippen LogP contribution in [0.15, 0.2) is 0 Å². The molecule has 1 saturated carbocycles.